The normalized spacial score (nSPS) is 17.4. The third-order valence-corrected chi connectivity index (χ3v) is 6.45. The maximum Gasteiger partial charge on any atom is 0.163 e. The summed E-state index contributed by atoms with van der Waals surface area (Å²) in [7, 11) is 1.88. The van der Waals surface area contributed by atoms with Crippen LogP contribution in [-0.2, 0) is 17.2 Å². The van der Waals surface area contributed by atoms with Gasteiger partial charge in [0, 0.05) is 49.7 Å². The van der Waals surface area contributed by atoms with Crippen molar-refractivity contribution < 1.29 is 9.13 Å². The van der Waals surface area contributed by atoms with Crippen molar-refractivity contribution in [1.82, 2.24) is 24.7 Å². The molecular formula is C23H21FN6O. The molecule has 0 saturated carbocycles. The summed E-state index contributed by atoms with van der Waals surface area (Å²) >= 11 is 0. The van der Waals surface area contributed by atoms with E-state index in [0.717, 1.165) is 58.7 Å². The Labute approximate surface area is 178 Å². The number of halogens is 1. The van der Waals surface area contributed by atoms with Gasteiger partial charge in [-0.15, -0.1) is 0 Å². The molecule has 1 saturated heterocycles. The molecule has 1 aromatic carbocycles. The number of fused-ring (bicyclic) bond motifs is 3. The SMILES string of the molecule is Cn1cc(-c2ccc3ncnc(N4CC5(CCOCC5)c5cc(F)ccc54)c3n2)cn1. The maximum absolute atomic E-state index is 14.2. The lowest BCUT2D eigenvalue weighted by atomic mass is 9.76. The Morgan fingerprint density at radius 1 is 1.10 bits per heavy atom. The smallest absolute Gasteiger partial charge is 0.163 e. The molecule has 1 fully saturated rings. The molecule has 5 heterocycles. The maximum atomic E-state index is 14.2. The lowest BCUT2D eigenvalue weighted by molar-refractivity contribution is 0.0557. The summed E-state index contributed by atoms with van der Waals surface area (Å²) in [6.45, 7) is 2.08. The summed E-state index contributed by atoms with van der Waals surface area (Å²) < 4.78 is 21.6. The average Bonchev–Trinajstić information content (AvgIpc) is 3.35. The van der Waals surface area contributed by atoms with Crippen molar-refractivity contribution in [3.8, 4) is 11.3 Å². The van der Waals surface area contributed by atoms with E-state index in [9.17, 15) is 4.39 Å². The van der Waals surface area contributed by atoms with Gasteiger partial charge in [0.25, 0.3) is 0 Å². The fourth-order valence-corrected chi connectivity index (χ4v) is 4.86. The molecule has 3 aromatic heterocycles. The van der Waals surface area contributed by atoms with Crippen molar-refractivity contribution in [2.24, 2.45) is 7.05 Å². The molecule has 0 radical (unpaired) electrons. The quantitative estimate of drug-likeness (QED) is 0.496. The van der Waals surface area contributed by atoms with Gasteiger partial charge in [0.15, 0.2) is 5.82 Å². The van der Waals surface area contributed by atoms with Crippen LogP contribution >= 0.6 is 0 Å². The Morgan fingerprint density at radius 2 is 1.97 bits per heavy atom. The largest absolute Gasteiger partial charge is 0.381 e. The van der Waals surface area contributed by atoms with Crippen LogP contribution in [0.5, 0.6) is 0 Å². The number of aromatic nitrogens is 5. The molecule has 156 valence electrons. The van der Waals surface area contributed by atoms with Gasteiger partial charge in [0.1, 0.15) is 17.7 Å². The molecule has 4 aromatic rings. The summed E-state index contributed by atoms with van der Waals surface area (Å²) in [5, 5.41) is 4.26. The Kier molecular flexibility index (Phi) is 4.04. The predicted octanol–water partition coefficient (Wildman–Crippen LogP) is 3.76. The van der Waals surface area contributed by atoms with Crippen molar-refractivity contribution in [3.05, 3.63) is 60.4 Å². The lowest BCUT2D eigenvalue weighted by Gasteiger charge is -2.34. The van der Waals surface area contributed by atoms with Gasteiger partial charge in [-0.25, -0.2) is 19.3 Å². The molecule has 0 atom stereocenters. The molecule has 2 aliphatic rings. The topological polar surface area (TPSA) is 69.0 Å². The number of hydrogen-bond donors (Lipinski definition) is 0. The van der Waals surface area contributed by atoms with Gasteiger partial charge >= 0.3 is 0 Å². The van der Waals surface area contributed by atoms with Crippen LogP contribution in [0.2, 0.25) is 0 Å². The van der Waals surface area contributed by atoms with Crippen LogP contribution in [0.25, 0.3) is 22.3 Å². The molecule has 0 amide bonds. The first-order valence-corrected chi connectivity index (χ1v) is 10.4. The number of pyridine rings is 1. The number of hydrogen-bond acceptors (Lipinski definition) is 6. The summed E-state index contributed by atoms with van der Waals surface area (Å²) in [5.74, 6) is 0.531. The van der Waals surface area contributed by atoms with Gasteiger partial charge in [-0.05, 0) is 48.7 Å². The van der Waals surface area contributed by atoms with Crippen molar-refractivity contribution in [1.29, 1.82) is 0 Å². The van der Waals surface area contributed by atoms with Crippen molar-refractivity contribution >= 4 is 22.5 Å². The highest BCUT2D eigenvalue weighted by molar-refractivity contribution is 5.91. The molecule has 6 rings (SSSR count). The molecule has 0 aliphatic carbocycles. The fourth-order valence-electron chi connectivity index (χ4n) is 4.86. The van der Waals surface area contributed by atoms with E-state index in [1.807, 2.05) is 31.4 Å². The molecule has 7 nitrogen and oxygen atoms in total. The van der Waals surface area contributed by atoms with E-state index in [2.05, 4.69) is 20.0 Å². The number of anilines is 2. The number of aryl methyl sites for hydroxylation is 1. The molecule has 31 heavy (non-hydrogen) atoms. The fraction of sp³-hybridized carbons (Fsp3) is 0.304. The van der Waals surface area contributed by atoms with Crippen LogP contribution < -0.4 is 4.90 Å². The molecular weight excluding hydrogens is 395 g/mol. The number of benzene rings is 1. The first-order valence-electron chi connectivity index (χ1n) is 10.4. The van der Waals surface area contributed by atoms with Crippen LogP contribution in [0.1, 0.15) is 18.4 Å². The summed E-state index contributed by atoms with van der Waals surface area (Å²) in [5.41, 5.74) is 5.12. The van der Waals surface area contributed by atoms with E-state index in [0.29, 0.717) is 13.2 Å². The summed E-state index contributed by atoms with van der Waals surface area (Å²) in [6.07, 6.45) is 7.01. The van der Waals surface area contributed by atoms with Crippen molar-refractivity contribution in [2.75, 3.05) is 24.7 Å². The van der Waals surface area contributed by atoms with E-state index >= 15 is 0 Å². The third kappa shape index (κ3) is 2.90. The minimum atomic E-state index is -0.212. The van der Waals surface area contributed by atoms with Crippen LogP contribution in [0.15, 0.2) is 49.1 Å². The van der Waals surface area contributed by atoms with Gasteiger partial charge in [0.2, 0.25) is 0 Å². The van der Waals surface area contributed by atoms with Crippen LogP contribution in [0.4, 0.5) is 15.9 Å². The second kappa shape index (κ2) is 6.81. The summed E-state index contributed by atoms with van der Waals surface area (Å²) in [4.78, 5) is 16.1. The van der Waals surface area contributed by atoms with Crippen LogP contribution in [0, 0.1) is 5.82 Å². The number of nitrogens with zero attached hydrogens (tertiary/aromatic N) is 6. The van der Waals surface area contributed by atoms with Gasteiger partial charge < -0.3 is 9.64 Å². The number of rotatable bonds is 2. The molecule has 8 heteroatoms. The van der Waals surface area contributed by atoms with Crippen molar-refractivity contribution in [2.45, 2.75) is 18.3 Å². The molecule has 1 spiro atoms. The van der Waals surface area contributed by atoms with E-state index in [4.69, 9.17) is 9.72 Å². The molecule has 2 aliphatic heterocycles. The van der Waals surface area contributed by atoms with E-state index in [-0.39, 0.29) is 11.2 Å². The first-order chi connectivity index (χ1) is 15.1. The second-order valence-corrected chi connectivity index (χ2v) is 8.30. The highest BCUT2D eigenvalue weighted by Gasteiger charge is 2.45. The van der Waals surface area contributed by atoms with Crippen LogP contribution in [-0.4, -0.2) is 44.5 Å². The average molecular weight is 416 g/mol. The third-order valence-electron chi connectivity index (χ3n) is 6.45. The minimum absolute atomic E-state index is 0.145. The lowest BCUT2D eigenvalue weighted by Crippen LogP contribution is -2.37. The van der Waals surface area contributed by atoms with Gasteiger partial charge in [-0.1, -0.05) is 0 Å². The molecule has 0 unspecified atom stereocenters. The Hall–Kier alpha value is -3.39. The second-order valence-electron chi connectivity index (χ2n) is 8.30. The highest BCUT2D eigenvalue weighted by Crippen LogP contribution is 2.49. The standard InChI is InChI=1S/C23H21FN6O/c1-29-12-15(11-27-29)18-3-4-19-21(28-18)22(26-14-25-19)30-13-23(6-8-31-9-7-23)17-10-16(24)2-5-20(17)30/h2-5,10-12,14H,6-9,13H2,1H3. The van der Waals surface area contributed by atoms with Crippen LogP contribution in [0.3, 0.4) is 0 Å². The van der Waals surface area contributed by atoms with E-state index in [1.165, 1.54) is 6.07 Å². The van der Waals surface area contributed by atoms with Gasteiger partial charge in [0.05, 0.1) is 17.4 Å². The van der Waals surface area contributed by atoms with Crippen molar-refractivity contribution in [3.63, 3.8) is 0 Å². The van der Waals surface area contributed by atoms with Gasteiger partial charge in [-0.3, -0.25) is 4.68 Å². The zero-order chi connectivity index (χ0) is 21.0. The molecule has 0 bridgehead atoms. The van der Waals surface area contributed by atoms with E-state index < -0.39 is 0 Å². The predicted molar refractivity (Wildman–Crippen MR) is 115 cm³/mol. The van der Waals surface area contributed by atoms with E-state index in [1.54, 1.807) is 23.3 Å². The number of ether oxygens (including phenoxy) is 1. The first kappa shape index (κ1) is 18.4. The minimum Gasteiger partial charge on any atom is -0.381 e. The Morgan fingerprint density at radius 3 is 2.77 bits per heavy atom. The highest BCUT2D eigenvalue weighted by atomic mass is 19.1. The summed E-state index contributed by atoms with van der Waals surface area (Å²) in [6, 6.07) is 8.96. The monoisotopic (exact) mass is 416 g/mol. The zero-order valence-electron chi connectivity index (χ0n) is 17.1. The Balaban J connectivity index is 1.52. The zero-order valence-corrected chi connectivity index (χ0v) is 17.1. The molecule has 0 N–H and O–H groups in total. The Bertz CT molecular complexity index is 1300. The van der Waals surface area contributed by atoms with Gasteiger partial charge in [-0.2, -0.15) is 5.10 Å².